The minimum atomic E-state index is -0.366. The smallest absolute Gasteiger partial charge is 0.319 e. The zero-order valence-corrected chi connectivity index (χ0v) is 12.8. The molecule has 0 spiro atoms. The number of amides is 1. The van der Waals surface area contributed by atoms with Crippen LogP contribution >= 0.6 is 15.9 Å². The monoisotopic (exact) mass is 328 g/mol. The summed E-state index contributed by atoms with van der Waals surface area (Å²) >= 11 is 3.37. The third-order valence-electron chi connectivity index (χ3n) is 2.50. The van der Waals surface area contributed by atoms with Crippen LogP contribution in [0.1, 0.15) is 5.56 Å². The molecule has 19 heavy (non-hydrogen) atoms. The molecule has 1 aromatic carbocycles. The van der Waals surface area contributed by atoms with E-state index in [9.17, 15) is 9.59 Å². The van der Waals surface area contributed by atoms with Crippen LogP contribution in [0.4, 0.5) is 5.69 Å². The van der Waals surface area contributed by atoms with Crippen LogP contribution in [0.5, 0.6) is 0 Å². The lowest BCUT2D eigenvalue weighted by atomic mass is 10.2. The van der Waals surface area contributed by atoms with Gasteiger partial charge >= 0.3 is 5.97 Å². The van der Waals surface area contributed by atoms with Crippen LogP contribution in [0.25, 0.3) is 0 Å². The maximum Gasteiger partial charge on any atom is 0.319 e. The Bertz CT molecular complexity index is 477. The number of nitrogens with one attached hydrogen (secondary N) is 1. The maximum atomic E-state index is 11.8. The molecular formula is C13H17BrN2O3. The summed E-state index contributed by atoms with van der Waals surface area (Å²) in [6, 6.07) is 5.62. The number of carbonyl (C=O) groups excluding carboxylic acids is 2. The summed E-state index contributed by atoms with van der Waals surface area (Å²) in [5, 5.41) is 2.81. The molecule has 0 saturated heterocycles. The van der Waals surface area contributed by atoms with E-state index in [-0.39, 0.29) is 25.0 Å². The molecule has 6 heteroatoms. The van der Waals surface area contributed by atoms with E-state index in [1.807, 2.05) is 25.1 Å². The fraction of sp³-hybridized carbons (Fsp3) is 0.385. The Morgan fingerprint density at radius 1 is 1.37 bits per heavy atom. The fourth-order valence-corrected chi connectivity index (χ4v) is 2.02. The number of aryl methyl sites for hydroxylation is 1. The van der Waals surface area contributed by atoms with Crippen molar-refractivity contribution in [3.05, 3.63) is 28.2 Å². The van der Waals surface area contributed by atoms with Gasteiger partial charge in [0.05, 0.1) is 20.2 Å². The van der Waals surface area contributed by atoms with Gasteiger partial charge in [0.2, 0.25) is 5.91 Å². The molecular weight excluding hydrogens is 312 g/mol. The van der Waals surface area contributed by atoms with Crippen molar-refractivity contribution in [3.63, 3.8) is 0 Å². The second-order valence-electron chi connectivity index (χ2n) is 4.26. The average molecular weight is 329 g/mol. The fourth-order valence-electron chi connectivity index (χ4n) is 1.54. The Labute approximate surface area is 121 Å². The lowest BCUT2D eigenvalue weighted by Crippen LogP contribution is -2.34. The minimum Gasteiger partial charge on any atom is -0.468 e. The molecule has 1 amide bonds. The first kappa shape index (κ1) is 15.7. The molecule has 0 bridgehead atoms. The van der Waals surface area contributed by atoms with Gasteiger partial charge in [0.1, 0.15) is 0 Å². The number of esters is 1. The number of likely N-dealkylation sites (N-methyl/N-ethyl adjacent to an activating group) is 1. The molecule has 1 N–H and O–H groups in total. The quantitative estimate of drug-likeness (QED) is 0.837. The van der Waals surface area contributed by atoms with Gasteiger partial charge in [-0.3, -0.25) is 14.5 Å². The van der Waals surface area contributed by atoms with E-state index >= 15 is 0 Å². The Balaban J connectivity index is 2.53. The number of benzene rings is 1. The second-order valence-corrected chi connectivity index (χ2v) is 5.17. The molecule has 0 heterocycles. The maximum absolute atomic E-state index is 11.8. The van der Waals surface area contributed by atoms with Gasteiger partial charge in [-0.15, -0.1) is 0 Å². The zero-order valence-electron chi connectivity index (χ0n) is 11.2. The van der Waals surface area contributed by atoms with Crippen molar-refractivity contribution < 1.29 is 14.3 Å². The number of hydrogen-bond acceptors (Lipinski definition) is 4. The molecule has 0 aliphatic carbocycles. The van der Waals surface area contributed by atoms with Gasteiger partial charge in [-0.05, 0) is 37.7 Å². The molecule has 1 rings (SSSR count). The number of rotatable bonds is 5. The Kier molecular flexibility index (Phi) is 5.98. The number of hydrogen-bond donors (Lipinski definition) is 1. The second kappa shape index (κ2) is 7.25. The van der Waals surface area contributed by atoms with E-state index in [0.717, 1.165) is 15.7 Å². The molecule has 0 aliphatic heterocycles. The Morgan fingerprint density at radius 3 is 2.63 bits per heavy atom. The molecule has 0 aromatic heterocycles. The predicted octanol–water partition coefficient (Wildman–Crippen LogP) is 1.80. The van der Waals surface area contributed by atoms with E-state index < -0.39 is 0 Å². The van der Waals surface area contributed by atoms with Gasteiger partial charge in [-0.2, -0.15) is 0 Å². The predicted molar refractivity (Wildman–Crippen MR) is 77.0 cm³/mol. The zero-order chi connectivity index (χ0) is 14.4. The molecule has 0 aliphatic rings. The topological polar surface area (TPSA) is 58.6 Å². The van der Waals surface area contributed by atoms with Crippen LogP contribution in [0.3, 0.4) is 0 Å². The number of nitrogens with zero attached hydrogens (tertiary/aromatic N) is 1. The standard InChI is InChI=1S/C13H17BrN2O3/c1-9-6-10(14)4-5-11(9)15-12(17)7-16(2)8-13(18)19-3/h4-6H,7-8H2,1-3H3,(H,15,17). The third-order valence-corrected chi connectivity index (χ3v) is 3.00. The summed E-state index contributed by atoms with van der Waals surface area (Å²) in [6.07, 6.45) is 0. The molecule has 0 radical (unpaired) electrons. The molecule has 0 unspecified atom stereocenters. The molecule has 0 atom stereocenters. The van der Waals surface area contributed by atoms with E-state index in [2.05, 4.69) is 26.0 Å². The highest BCUT2D eigenvalue weighted by atomic mass is 79.9. The van der Waals surface area contributed by atoms with Crippen molar-refractivity contribution in [1.82, 2.24) is 4.90 Å². The van der Waals surface area contributed by atoms with Crippen molar-refractivity contribution in [2.45, 2.75) is 6.92 Å². The van der Waals surface area contributed by atoms with Gasteiger partial charge in [-0.25, -0.2) is 0 Å². The first-order chi connectivity index (χ1) is 8.92. The molecule has 104 valence electrons. The minimum absolute atomic E-state index is 0.0865. The van der Waals surface area contributed by atoms with Crippen molar-refractivity contribution in [3.8, 4) is 0 Å². The lowest BCUT2D eigenvalue weighted by molar-refractivity contribution is -0.141. The number of anilines is 1. The van der Waals surface area contributed by atoms with Crippen LogP contribution in [0.15, 0.2) is 22.7 Å². The summed E-state index contributed by atoms with van der Waals surface area (Å²) in [7, 11) is 3.01. The molecule has 5 nitrogen and oxygen atoms in total. The van der Waals surface area contributed by atoms with Crippen molar-refractivity contribution in [2.24, 2.45) is 0 Å². The number of methoxy groups -OCH3 is 1. The van der Waals surface area contributed by atoms with Gasteiger partial charge in [0, 0.05) is 10.2 Å². The third kappa shape index (κ3) is 5.40. The Hall–Kier alpha value is -1.40. The number of ether oxygens (including phenoxy) is 1. The molecule has 1 aromatic rings. The Morgan fingerprint density at radius 2 is 2.05 bits per heavy atom. The number of halogens is 1. The SMILES string of the molecule is COC(=O)CN(C)CC(=O)Nc1ccc(Br)cc1C. The van der Waals surface area contributed by atoms with Gasteiger partial charge < -0.3 is 10.1 Å². The van der Waals surface area contributed by atoms with Crippen LogP contribution in [-0.4, -0.2) is 44.0 Å². The first-order valence-corrected chi connectivity index (χ1v) is 6.53. The van der Waals surface area contributed by atoms with Gasteiger partial charge in [0.25, 0.3) is 0 Å². The summed E-state index contributed by atoms with van der Waals surface area (Å²) in [5.74, 6) is -0.535. The normalized spacial score (nSPS) is 10.4. The highest BCUT2D eigenvalue weighted by molar-refractivity contribution is 9.10. The highest BCUT2D eigenvalue weighted by Crippen LogP contribution is 2.19. The summed E-state index contributed by atoms with van der Waals surface area (Å²) in [4.78, 5) is 24.5. The summed E-state index contributed by atoms with van der Waals surface area (Å²) < 4.78 is 5.50. The number of carbonyl (C=O) groups is 2. The average Bonchev–Trinajstić information content (AvgIpc) is 2.32. The van der Waals surface area contributed by atoms with Crippen LogP contribution in [-0.2, 0) is 14.3 Å². The van der Waals surface area contributed by atoms with Gasteiger partial charge in [-0.1, -0.05) is 15.9 Å². The van der Waals surface area contributed by atoms with Gasteiger partial charge in [0.15, 0.2) is 0 Å². The van der Waals surface area contributed by atoms with E-state index in [1.165, 1.54) is 7.11 Å². The van der Waals surface area contributed by atoms with Crippen molar-refractivity contribution in [2.75, 3.05) is 32.6 Å². The van der Waals surface area contributed by atoms with E-state index in [1.54, 1.807) is 11.9 Å². The largest absolute Gasteiger partial charge is 0.468 e. The lowest BCUT2D eigenvalue weighted by Gasteiger charge is -2.15. The summed E-state index contributed by atoms with van der Waals surface area (Å²) in [5.41, 5.74) is 1.73. The first-order valence-electron chi connectivity index (χ1n) is 5.73. The summed E-state index contributed by atoms with van der Waals surface area (Å²) in [6.45, 7) is 2.13. The molecule has 0 saturated carbocycles. The van der Waals surface area contributed by atoms with E-state index in [4.69, 9.17) is 0 Å². The van der Waals surface area contributed by atoms with Crippen LogP contribution < -0.4 is 5.32 Å². The van der Waals surface area contributed by atoms with E-state index in [0.29, 0.717) is 0 Å². The van der Waals surface area contributed by atoms with Crippen LogP contribution in [0.2, 0.25) is 0 Å². The molecule has 0 fully saturated rings. The van der Waals surface area contributed by atoms with Crippen molar-refractivity contribution >= 4 is 33.5 Å². The highest BCUT2D eigenvalue weighted by Gasteiger charge is 2.11. The van der Waals surface area contributed by atoms with Crippen molar-refractivity contribution in [1.29, 1.82) is 0 Å². The van der Waals surface area contributed by atoms with Crippen LogP contribution in [0, 0.1) is 6.92 Å².